The van der Waals surface area contributed by atoms with Crippen LogP contribution in [-0.4, -0.2) is 5.75 Å². The first kappa shape index (κ1) is 6.75. The van der Waals surface area contributed by atoms with Crippen molar-refractivity contribution in [1.82, 2.24) is 0 Å². The summed E-state index contributed by atoms with van der Waals surface area (Å²) in [6, 6.07) is 3.96. The van der Waals surface area contributed by atoms with E-state index in [1.54, 1.807) is 0 Å². The average molecular weight is 142 g/mol. The molecule has 9 heavy (non-hydrogen) atoms. The van der Waals surface area contributed by atoms with E-state index in [1.807, 2.05) is 19.1 Å². The van der Waals surface area contributed by atoms with E-state index < -0.39 is 0 Å². The molecule has 1 nitrogen and oxygen atoms in total. The van der Waals surface area contributed by atoms with Gasteiger partial charge in [0.2, 0.25) is 0 Å². The van der Waals surface area contributed by atoms with Crippen LogP contribution in [0.1, 0.15) is 11.5 Å². The molecule has 0 spiro atoms. The second kappa shape index (κ2) is 2.97. The van der Waals surface area contributed by atoms with Crippen molar-refractivity contribution in [2.45, 2.75) is 13.3 Å². The zero-order valence-corrected chi connectivity index (χ0v) is 6.32. The monoisotopic (exact) mass is 142 g/mol. The van der Waals surface area contributed by atoms with Gasteiger partial charge in [-0.05, 0) is 24.8 Å². The quantitative estimate of drug-likeness (QED) is 0.624. The Kier molecular flexibility index (Phi) is 2.22. The van der Waals surface area contributed by atoms with Crippen LogP contribution < -0.4 is 0 Å². The minimum Gasteiger partial charge on any atom is -0.466 e. The predicted molar refractivity (Wildman–Crippen MR) is 41.0 cm³/mol. The lowest BCUT2D eigenvalue weighted by Gasteiger charge is -1.87. The Labute approximate surface area is 60.5 Å². The van der Waals surface area contributed by atoms with Gasteiger partial charge in [-0.2, -0.15) is 12.6 Å². The third kappa shape index (κ3) is 1.79. The molecule has 0 amide bonds. The Bertz CT molecular complexity index is 181. The van der Waals surface area contributed by atoms with E-state index in [4.69, 9.17) is 4.42 Å². The van der Waals surface area contributed by atoms with E-state index >= 15 is 0 Å². The molecule has 0 aliphatic carbocycles. The number of hydrogen-bond donors (Lipinski definition) is 1. The minimum absolute atomic E-state index is 0.854. The molecule has 1 heterocycles. The molecule has 0 saturated carbocycles. The minimum atomic E-state index is 0.854. The Hall–Kier alpha value is -0.370. The molecular weight excluding hydrogens is 132 g/mol. The molecule has 0 N–H and O–H groups in total. The van der Waals surface area contributed by atoms with Crippen LogP contribution in [0.25, 0.3) is 0 Å². The Morgan fingerprint density at radius 1 is 1.56 bits per heavy atom. The second-order valence-corrected chi connectivity index (χ2v) is 2.43. The molecule has 0 atom stereocenters. The summed E-state index contributed by atoms with van der Waals surface area (Å²) < 4.78 is 5.28. The van der Waals surface area contributed by atoms with Gasteiger partial charge in [-0.3, -0.25) is 0 Å². The molecular formula is C7H10OS. The molecule has 0 saturated heterocycles. The fourth-order valence-electron chi connectivity index (χ4n) is 0.730. The van der Waals surface area contributed by atoms with Gasteiger partial charge in [-0.1, -0.05) is 0 Å². The molecule has 0 aliphatic heterocycles. The SMILES string of the molecule is Cc1ccc(CCS)o1. The maximum absolute atomic E-state index is 5.28. The van der Waals surface area contributed by atoms with Gasteiger partial charge in [-0.25, -0.2) is 0 Å². The van der Waals surface area contributed by atoms with Gasteiger partial charge in [0.05, 0.1) is 0 Å². The molecule has 1 aromatic heterocycles. The highest BCUT2D eigenvalue weighted by atomic mass is 32.1. The fourth-order valence-corrected chi connectivity index (χ4v) is 0.950. The second-order valence-electron chi connectivity index (χ2n) is 1.99. The molecule has 0 radical (unpaired) electrons. The van der Waals surface area contributed by atoms with Gasteiger partial charge in [-0.15, -0.1) is 0 Å². The van der Waals surface area contributed by atoms with E-state index in [9.17, 15) is 0 Å². The lowest BCUT2D eigenvalue weighted by Crippen LogP contribution is -1.79. The van der Waals surface area contributed by atoms with Gasteiger partial charge in [0.1, 0.15) is 11.5 Å². The van der Waals surface area contributed by atoms with Crippen molar-refractivity contribution < 1.29 is 4.42 Å². The van der Waals surface area contributed by atoms with Gasteiger partial charge in [0.15, 0.2) is 0 Å². The van der Waals surface area contributed by atoms with Crippen molar-refractivity contribution in [2.24, 2.45) is 0 Å². The van der Waals surface area contributed by atoms with Crippen LogP contribution in [-0.2, 0) is 6.42 Å². The maximum Gasteiger partial charge on any atom is 0.104 e. The van der Waals surface area contributed by atoms with E-state index in [2.05, 4.69) is 12.6 Å². The molecule has 0 unspecified atom stereocenters. The highest BCUT2D eigenvalue weighted by molar-refractivity contribution is 7.80. The predicted octanol–water partition coefficient (Wildman–Crippen LogP) is 2.06. The molecule has 0 aliphatic rings. The van der Waals surface area contributed by atoms with E-state index in [0.717, 1.165) is 23.7 Å². The smallest absolute Gasteiger partial charge is 0.104 e. The lowest BCUT2D eigenvalue weighted by atomic mass is 10.4. The zero-order valence-electron chi connectivity index (χ0n) is 5.42. The number of thiol groups is 1. The highest BCUT2D eigenvalue weighted by Crippen LogP contribution is 2.06. The molecule has 0 bridgehead atoms. The Morgan fingerprint density at radius 3 is 2.78 bits per heavy atom. The number of rotatable bonds is 2. The fraction of sp³-hybridized carbons (Fsp3) is 0.429. The molecule has 1 rings (SSSR count). The summed E-state index contributed by atoms with van der Waals surface area (Å²) >= 11 is 4.08. The lowest BCUT2D eigenvalue weighted by molar-refractivity contribution is 0.490. The largest absolute Gasteiger partial charge is 0.466 e. The van der Waals surface area contributed by atoms with E-state index in [-0.39, 0.29) is 0 Å². The summed E-state index contributed by atoms with van der Waals surface area (Å²) in [6.45, 7) is 1.95. The summed E-state index contributed by atoms with van der Waals surface area (Å²) in [5.74, 6) is 2.86. The summed E-state index contributed by atoms with van der Waals surface area (Å²) in [6.07, 6.45) is 0.928. The van der Waals surface area contributed by atoms with Gasteiger partial charge >= 0.3 is 0 Å². The van der Waals surface area contributed by atoms with Crippen molar-refractivity contribution in [2.75, 3.05) is 5.75 Å². The third-order valence-corrected chi connectivity index (χ3v) is 1.38. The molecule has 2 heteroatoms. The van der Waals surface area contributed by atoms with Crippen LogP contribution in [0.15, 0.2) is 16.5 Å². The van der Waals surface area contributed by atoms with Crippen LogP contribution in [0, 0.1) is 6.92 Å². The molecule has 0 aromatic carbocycles. The highest BCUT2D eigenvalue weighted by Gasteiger charge is 1.94. The van der Waals surface area contributed by atoms with Crippen molar-refractivity contribution in [3.8, 4) is 0 Å². The first-order chi connectivity index (χ1) is 4.33. The number of furan rings is 1. The Balaban J connectivity index is 2.61. The van der Waals surface area contributed by atoms with Gasteiger partial charge in [0, 0.05) is 6.42 Å². The van der Waals surface area contributed by atoms with Crippen LogP contribution in [0.5, 0.6) is 0 Å². The van der Waals surface area contributed by atoms with Crippen LogP contribution in [0.2, 0.25) is 0 Å². The summed E-state index contributed by atoms with van der Waals surface area (Å²) in [5, 5.41) is 0. The topological polar surface area (TPSA) is 13.1 Å². The zero-order chi connectivity index (χ0) is 6.69. The molecule has 0 fully saturated rings. The Morgan fingerprint density at radius 2 is 2.33 bits per heavy atom. The number of aryl methyl sites for hydroxylation is 2. The van der Waals surface area contributed by atoms with Crippen molar-refractivity contribution in [3.05, 3.63) is 23.7 Å². The first-order valence-electron chi connectivity index (χ1n) is 2.99. The van der Waals surface area contributed by atoms with Gasteiger partial charge in [0.25, 0.3) is 0 Å². The van der Waals surface area contributed by atoms with Crippen molar-refractivity contribution in [3.63, 3.8) is 0 Å². The van der Waals surface area contributed by atoms with E-state index in [1.165, 1.54) is 0 Å². The van der Waals surface area contributed by atoms with Crippen molar-refractivity contribution >= 4 is 12.6 Å². The normalized spacial score (nSPS) is 10.0. The van der Waals surface area contributed by atoms with Crippen LogP contribution >= 0.6 is 12.6 Å². The summed E-state index contributed by atoms with van der Waals surface area (Å²) in [4.78, 5) is 0. The summed E-state index contributed by atoms with van der Waals surface area (Å²) in [5.41, 5.74) is 0. The first-order valence-corrected chi connectivity index (χ1v) is 3.62. The summed E-state index contributed by atoms with van der Waals surface area (Å²) in [7, 11) is 0. The van der Waals surface area contributed by atoms with Crippen molar-refractivity contribution in [1.29, 1.82) is 0 Å². The molecule has 1 aromatic rings. The van der Waals surface area contributed by atoms with Gasteiger partial charge < -0.3 is 4.42 Å². The third-order valence-electron chi connectivity index (χ3n) is 1.15. The van der Waals surface area contributed by atoms with E-state index in [0.29, 0.717) is 0 Å². The maximum atomic E-state index is 5.28. The standard InChI is InChI=1S/C7H10OS/c1-6-2-3-7(8-6)4-5-9/h2-3,9H,4-5H2,1H3. The van der Waals surface area contributed by atoms with Crippen LogP contribution in [0.4, 0.5) is 0 Å². The van der Waals surface area contributed by atoms with Crippen LogP contribution in [0.3, 0.4) is 0 Å². The number of hydrogen-bond acceptors (Lipinski definition) is 2. The molecule has 50 valence electrons. The average Bonchev–Trinajstić information content (AvgIpc) is 2.17.